The van der Waals surface area contributed by atoms with Crippen LogP contribution in [0.15, 0.2) is 224 Å². The Morgan fingerprint density at radius 3 is 1.34 bits per heavy atom. The lowest BCUT2D eigenvalue weighted by Crippen LogP contribution is -2.04. The minimum absolute atomic E-state index is 0.861. The molecular formula is C60H37N3O. The molecule has 1 aliphatic rings. The maximum Gasteiger partial charge on any atom is 0.152 e. The first kappa shape index (κ1) is 35.0. The molecule has 1 aliphatic heterocycles. The van der Waals surface area contributed by atoms with E-state index in [-0.39, 0.29) is 0 Å². The van der Waals surface area contributed by atoms with Crippen LogP contribution in [0.5, 0.6) is 11.5 Å². The number of rotatable bonds is 5. The molecule has 3 aromatic heterocycles. The van der Waals surface area contributed by atoms with Crippen LogP contribution in [0.1, 0.15) is 0 Å². The lowest BCUT2D eigenvalue weighted by atomic mass is 9.99. The van der Waals surface area contributed by atoms with E-state index >= 15 is 0 Å². The average molecular weight is 816 g/mol. The number of benzene rings is 10. The van der Waals surface area contributed by atoms with E-state index in [1.165, 1.54) is 82.2 Å². The van der Waals surface area contributed by atoms with Gasteiger partial charge in [-0.15, -0.1) is 0 Å². The number of fused-ring (bicyclic) bond motifs is 11. The maximum atomic E-state index is 6.52. The van der Waals surface area contributed by atoms with Gasteiger partial charge in [-0.3, -0.25) is 0 Å². The third-order valence-electron chi connectivity index (χ3n) is 13.4. The van der Waals surface area contributed by atoms with Crippen molar-refractivity contribution in [3.05, 3.63) is 224 Å². The molecule has 0 spiro atoms. The van der Waals surface area contributed by atoms with E-state index in [9.17, 15) is 0 Å². The molecule has 4 heteroatoms. The molecule has 0 saturated heterocycles. The van der Waals surface area contributed by atoms with Gasteiger partial charge in [0.2, 0.25) is 0 Å². The highest BCUT2D eigenvalue weighted by Gasteiger charge is 2.24. The Morgan fingerprint density at radius 1 is 0.250 bits per heavy atom. The first-order chi connectivity index (χ1) is 31.7. The smallest absolute Gasteiger partial charge is 0.152 e. The summed E-state index contributed by atoms with van der Waals surface area (Å²) >= 11 is 0. The van der Waals surface area contributed by atoms with Crippen molar-refractivity contribution >= 4 is 65.4 Å². The van der Waals surface area contributed by atoms with E-state index in [2.05, 4.69) is 238 Å². The Bertz CT molecular complexity index is 4020. The van der Waals surface area contributed by atoms with E-state index in [1.807, 2.05) is 0 Å². The van der Waals surface area contributed by atoms with Gasteiger partial charge < -0.3 is 18.4 Å². The predicted octanol–water partition coefficient (Wildman–Crippen LogP) is 16.1. The zero-order valence-electron chi connectivity index (χ0n) is 34.6. The van der Waals surface area contributed by atoms with Gasteiger partial charge >= 0.3 is 0 Å². The number of ether oxygens (including phenoxy) is 1. The van der Waals surface area contributed by atoms with Crippen LogP contribution in [-0.2, 0) is 0 Å². The number of nitrogens with zero attached hydrogens (tertiary/aromatic N) is 3. The number of hydrogen-bond donors (Lipinski definition) is 0. The molecule has 10 aromatic carbocycles. The molecule has 0 bridgehead atoms. The van der Waals surface area contributed by atoms with Crippen LogP contribution in [0.25, 0.3) is 116 Å². The molecule has 0 unspecified atom stereocenters. The number of hydrogen-bond acceptors (Lipinski definition) is 1. The Balaban J connectivity index is 0.902. The minimum atomic E-state index is 0.861. The highest BCUT2D eigenvalue weighted by Crippen LogP contribution is 2.47. The summed E-state index contributed by atoms with van der Waals surface area (Å²) in [7, 11) is 0. The molecule has 0 N–H and O–H groups in total. The van der Waals surface area contributed by atoms with Crippen molar-refractivity contribution < 1.29 is 4.74 Å². The highest BCUT2D eigenvalue weighted by molar-refractivity contribution is 6.14. The van der Waals surface area contributed by atoms with Crippen molar-refractivity contribution in [1.29, 1.82) is 0 Å². The largest absolute Gasteiger partial charge is 0.453 e. The Kier molecular flexibility index (Phi) is 7.36. The molecule has 0 aliphatic carbocycles. The minimum Gasteiger partial charge on any atom is -0.453 e. The summed E-state index contributed by atoms with van der Waals surface area (Å²) in [5.41, 5.74) is 17.5. The zero-order valence-corrected chi connectivity index (χ0v) is 34.6. The molecule has 13 aromatic rings. The van der Waals surface area contributed by atoms with E-state index in [4.69, 9.17) is 4.74 Å². The van der Waals surface area contributed by atoms with Crippen molar-refractivity contribution in [1.82, 2.24) is 13.7 Å². The summed E-state index contributed by atoms with van der Waals surface area (Å²) in [5, 5.41) is 7.38. The standard InChI is InChI=1S/C60H37N3O/c1-3-12-38(13-4-1)40-24-30-55-50(34-40)51-36-42(41-25-31-54-49(35-41)47-17-8-9-19-52(47)61(54)44-14-5-2-6-15-44)26-32-56(51)62(55)45-28-22-39(23-29-45)43-27-33-58-57(37-43)63-53-20-10-7-16-46(53)48-18-11-21-59(64-58)60(48)63/h1-37H. The fourth-order valence-electron chi connectivity index (χ4n) is 10.5. The summed E-state index contributed by atoms with van der Waals surface area (Å²) < 4.78 is 13.7. The van der Waals surface area contributed by atoms with Gasteiger partial charge in [0.15, 0.2) is 11.5 Å². The summed E-state index contributed by atoms with van der Waals surface area (Å²) in [6.45, 7) is 0. The van der Waals surface area contributed by atoms with Gasteiger partial charge in [-0.05, 0) is 124 Å². The van der Waals surface area contributed by atoms with Crippen molar-refractivity contribution in [2.75, 3.05) is 0 Å². The molecule has 298 valence electrons. The normalized spacial score (nSPS) is 12.2. The van der Waals surface area contributed by atoms with Crippen LogP contribution in [0, 0.1) is 0 Å². The predicted molar refractivity (Wildman–Crippen MR) is 266 cm³/mol. The SMILES string of the molecule is c1ccc(-c2ccc3c(c2)c2cc(-c4ccc5c(c4)c4ccccc4n5-c4ccccc4)ccc2n3-c2ccc(-c3ccc4c(c3)-n3c5ccccc5c5cccc(c53)O4)cc2)cc1. The zero-order chi connectivity index (χ0) is 41.9. The molecule has 0 amide bonds. The van der Waals surface area contributed by atoms with Crippen LogP contribution in [0.2, 0.25) is 0 Å². The van der Waals surface area contributed by atoms with Gasteiger partial charge in [0.05, 0.1) is 38.8 Å². The van der Waals surface area contributed by atoms with Crippen LogP contribution in [0.3, 0.4) is 0 Å². The molecule has 4 heterocycles. The monoisotopic (exact) mass is 815 g/mol. The fourth-order valence-corrected chi connectivity index (χ4v) is 10.5. The Hall–Kier alpha value is -8.60. The fraction of sp³-hybridized carbons (Fsp3) is 0. The summed E-state index contributed by atoms with van der Waals surface area (Å²) in [6, 6.07) is 81.5. The van der Waals surface area contributed by atoms with Crippen LogP contribution >= 0.6 is 0 Å². The molecular weight excluding hydrogens is 779 g/mol. The van der Waals surface area contributed by atoms with Gasteiger partial charge in [0.1, 0.15) is 0 Å². The molecule has 0 atom stereocenters. The maximum absolute atomic E-state index is 6.52. The number of para-hydroxylation sites is 4. The van der Waals surface area contributed by atoms with Crippen molar-refractivity contribution in [3.8, 4) is 61.9 Å². The van der Waals surface area contributed by atoms with E-state index < -0.39 is 0 Å². The topological polar surface area (TPSA) is 24.0 Å². The van der Waals surface area contributed by atoms with E-state index in [1.54, 1.807) is 0 Å². The first-order valence-corrected chi connectivity index (χ1v) is 21.9. The second-order valence-electron chi connectivity index (χ2n) is 16.9. The van der Waals surface area contributed by atoms with Crippen molar-refractivity contribution in [3.63, 3.8) is 0 Å². The van der Waals surface area contributed by atoms with Crippen LogP contribution in [0.4, 0.5) is 0 Å². The molecule has 0 saturated carbocycles. The van der Waals surface area contributed by atoms with Gasteiger partial charge in [0.25, 0.3) is 0 Å². The molecule has 0 radical (unpaired) electrons. The van der Waals surface area contributed by atoms with Crippen LogP contribution < -0.4 is 4.74 Å². The second kappa shape index (κ2) is 13.4. The van der Waals surface area contributed by atoms with E-state index in [0.717, 1.165) is 45.2 Å². The third-order valence-corrected chi connectivity index (χ3v) is 13.4. The summed E-state index contributed by atoms with van der Waals surface area (Å²) in [4.78, 5) is 0. The summed E-state index contributed by atoms with van der Waals surface area (Å²) in [5.74, 6) is 1.75. The lowest BCUT2D eigenvalue weighted by Gasteiger charge is -2.21. The van der Waals surface area contributed by atoms with Gasteiger partial charge in [-0.25, -0.2) is 0 Å². The van der Waals surface area contributed by atoms with Gasteiger partial charge in [-0.2, -0.15) is 0 Å². The average Bonchev–Trinajstić information content (AvgIpc) is 4.00. The molecule has 4 nitrogen and oxygen atoms in total. The third kappa shape index (κ3) is 5.11. The van der Waals surface area contributed by atoms with Gasteiger partial charge in [0, 0.05) is 43.7 Å². The molecule has 64 heavy (non-hydrogen) atoms. The first-order valence-electron chi connectivity index (χ1n) is 21.9. The molecule has 14 rings (SSSR count). The lowest BCUT2D eigenvalue weighted by molar-refractivity contribution is 0.476. The van der Waals surface area contributed by atoms with E-state index in [0.29, 0.717) is 0 Å². The summed E-state index contributed by atoms with van der Waals surface area (Å²) in [6.07, 6.45) is 0. The Labute approximate surface area is 368 Å². The van der Waals surface area contributed by atoms with Crippen molar-refractivity contribution in [2.24, 2.45) is 0 Å². The van der Waals surface area contributed by atoms with Crippen molar-refractivity contribution in [2.45, 2.75) is 0 Å². The number of aromatic nitrogens is 3. The highest BCUT2D eigenvalue weighted by atomic mass is 16.5. The Morgan fingerprint density at radius 2 is 0.688 bits per heavy atom. The molecule has 0 fully saturated rings. The van der Waals surface area contributed by atoms with Crippen LogP contribution in [-0.4, -0.2) is 13.7 Å². The van der Waals surface area contributed by atoms with Gasteiger partial charge in [-0.1, -0.05) is 133 Å². The second-order valence-corrected chi connectivity index (χ2v) is 16.9. The quantitative estimate of drug-likeness (QED) is 0.170.